The highest BCUT2D eigenvalue weighted by Crippen LogP contribution is 2.05. The van der Waals surface area contributed by atoms with E-state index in [4.69, 9.17) is 0 Å². The molecule has 1 heterocycles. The zero-order valence-electron chi connectivity index (χ0n) is 14.5. The molecule has 0 bridgehead atoms. The van der Waals surface area contributed by atoms with Gasteiger partial charge in [0.05, 0.1) is 5.69 Å². The number of rotatable bonds is 6. The van der Waals surface area contributed by atoms with Crippen LogP contribution in [0.15, 0.2) is 41.4 Å². The minimum atomic E-state index is 0.461. The van der Waals surface area contributed by atoms with Gasteiger partial charge < -0.3 is 10.6 Å². The number of nitrogens with zero attached hydrogens (tertiary/aromatic N) is 3. The van der Waals surface area contributed by atoms with E-state index >= 15 is 0 Å². The van der Waals surface area contributed by atoms with Crippen molar-refractivity contribution < 1.29 is 0 Å². The van der Waals surface area contributed by atoms with Crippen molar-refractivity contribution in [1.82, 2.24) is 20.4 Å². The Labute approximate surface area is 138 Å². The van der Waals surface area contributed by atoms with E-state index in [1.807, 2.05) is 25.1 Å². The van der Waals surface area contributed by atoms with Crippen molar-refractivity contribution in [3.8, 4) is 0 Å². The van der Waals surface area contributed by atoms with Gasteiger partial charge in [0.15, 0.2) is 5.96 Å². The number of aromatic nitrogens is 2. The van der Waals surface area contributed by atoms with Gasteiger partial charge >= 0.3 is 0 Å². The molecule has 0 aliphatic heterocycles. The lowest BCUT2D eigenvalue weighted by molar-refractivity contribution is 0.436. The quantitative estimate of drug-likeness (QED) is 0.636. The molecular formula is C18H27N5. The second-order valence-electron chi connectivity index (χ2n) is 6.01. The first-order chi connectivity index (χ1) is 11.1. The lowest BCUT2D eigenvalue weighted by Gasteiger charge is -2.17. The average Bonchev–Trinajstić information content (AvgIpc) is 2.86. The van der Waals surface area contributed by atoms with Gasteiger partial charge in [-0.1, -0.05) is 37.3 Å². The smallest absolute Gasteiger partial charge is 0.191 e. The molecule has 0 amide bonds. The Morgan fingerprint density at radius 1 is 1.22 bits per heavy atom. The van der Waals surface area contributed by atoms with Crippen LogP contribution >= 0.6 is 0 Å². The summed E-state index contributed by atoms with van der Waals surface area (Å²) in [6.45, 7) is 8.87. The van der Waals surface area contributed by atoms with E-state index in [1.54, 1.807) is 7.05 Å². The molecule has 0 aliphatic rings. The molecule has 0 saturated carbocycles. The fourth-order valence-corrected chi connectivity index (χ4v) is 2.49. The Morgan fingerprint density at radius 2 is 1.96 bits per heavy atom. The van der Waals surface area contributed by atoms with Crippen molar-refractivity contribution in [3.05, 3.63) is 53.3 Å². The van der Waals surface area contributed by atoms with Crippen LogP contribution in [0.2, 0.25) is 0 Å². The summed E-state index contributed by atoms with van der Waals surface area (Å²) >= 11 is 0. The summed E-state index contributed by atoms with van der Waals surface area (Å²) in [5.41, 5.74) is 3.52. The van der Waals surface area contributed by atoms with Gasteiger partial charge in [0.2, 0.25) is 0 Å². The van der Waals surface area contributed by atoms with E-state index in [0.717, 1.165) is 31.3 Å². The van der Waals surface area contributed by atoms with Gasteiger partial charge in [0, 0.05) is 32.4 Å². The van der Waals surface area contributed by atoms with Crippen LogP contribution in [-0.2, 0) is 13.1 Å². The summed E-state index contributed by atoms with van der Waals surface area (Å²) in [5.74, 6) is 1.29. The van der Waals surface area contributed by atoms with E-state index in [0.29, 0.717) is 5.92 Å². The number of hydrogen-bond donors (Lipinski definition) is 2. The van der Waals surface area contributed by atoms with Crippen LogP contribution in [0.3, 0.4) is 0 Å². The van der Waals surface area contributed by atoms with Crippen LogP contribution in [0.5, 0.6) is 0 Å². The van der Waals surface area contributed by atoms with Gasteiger partial charge in [-0.05, 0) is 31.4 Å². The maximum atomic E-state index is 4.52. The number of hydrogen-bond acceptors (Lipinski definition) is 2. The topological polar surface area (TPSA) is 54.2 Å². The van der Waals surface area contributed by atoms with Gasteiger partial charge in [0.1, 0.15) is 0 Å². The average molecular weight is 313 g/mol. The molecule has 1 aromatic carbocycles. The number of aliphatic imine (C=N–C) groups is 1. The van der Waals surface area contributed by atoms with E-state index in [9.17, 15) is 0 Å². The molecule has 1 aromatic heterocycles. The molecule has 2 rings (SSSR count). The third kappa shape index (κ3) is 5.43. The van der Waals surface area contributed by atoms with E-state index in [2.05, 4.69) is 57.5 Å². The summed E-state index contributed by atoms with van der Waals surface area (Å²) < 4.78 is 2.07. The molecule has 5 nitrogen and oxygen atoms in total. The second-order valence-corrected chi connectivity index (χ2v) is 6.01. The highest BCUT2D eigenvalue weighted by atomic mass is 15.3. The van der Waals surface area contributed by atoms with Crippen LogP contribution in [-0.4, -0.2) is 29.3 Å². The summed E-state index contributed by atoms with van der Waals surface area (Å²) in [6.07, 6.45) is 0. The van der Waals surface area contributed by atoms with Crippen LogP contribution in [0.1, 0.15) is 23.9 Å². The van der Waals surface area contributed by atoms with E-state index in [1.165, 1.54) is 11.3 Å². The molecule has 1 unspecified atom stereocenters. The zero-order valence-corrected chi connectivity index (χ0v) is 14.5. The predicted octanol–water partition coefficient (Wildman–Crippen LogP) is 2.50. The second kappa shape index (κ2) is 8.36. The molecule has 0 radical (unpaired) electrons. The van der Waals surface area contributed by atoms with Crippen molar-refractivity contribution in [3.63, 3.8) is 0 Å². The Balaban J connectivity index is 1.77. The minimum Gasteiger partial charge on any atom is -0.356 e. The molecule has 1 atom stereocenters. The molecule has 0 spiro atoms. The summed E-state index contributed by atoms with van der Waals surface area (Å²) in [6, 6.07) is 12.4. The van der Waals surface area contributed by atoms with Gasteiger partial charge in [0.25, 0.3) is 0 Å². The van der Waals surface area contributed by atoms with Crippen molar-refractivity contribution in [1.29, 1.82) is 0 Å². The first kappa shape index (κ1) is 17.1. The predicted molar refractivity (Wildman–Crippen MR) is 95.5 cm³/mol. The number of benzene rings is 1. The van der Waals surface area contributed by atoms with E-state index < -0.39 is 0 Å². The maximum absolute atomic E-state index is 4.52. The Bertz CT molecular complexity index is 630. The number of aryl methyl sites for hydroxylation is 2. The first-order valence-corrected chi connectivity index (χ1v) is 8.08. The molecule has 23 heavy (non-hydrogen) atoms. The van der Waals surface area contributed by atoms with Crippen LogP contribution in [0, 0.1) is 19.8 Å². The summed E-state index contributed by atoms with van der Waals surface area (Å²) in [4.78, 5) is 4.28. The van der Waals surface area contributed by atoms with Gasteiger partial charge in [-0.3, -0.25) is 9.67 Å². The number of nitrogens with one attached hydrogen (secondary N) is 2. The Morgan fingerprint density at radius 3 is 2.57 bits per heavy atom. The summed E-state index contributed by atoms with van der Waals surface area (Å²) in [7, 11) is 1.80. The Kier molecular flexibility index (Phi) is 6.20. The highest BCUT2D eigenvalue weighted by Gasteiger charge is 2.08. The van der Waals surface area contributed by atoms with Gasteiger partial charge in [-0.25, -0.2) is 0 Å². The standard InChI is InChI=1S/C18H27N5/c1-14(13-23-16(3)10-15(2)22-23)11-20-18(19-4)21-12-17-8-6-5-7-9-17/h5-10,14H,11-13H2,1-4H3,(H2,19,20,21). The van der Waals surface area contributed by atoms with Gasteiger partial charge in [-0.15, -0.1) is 0 Å². The maximum Gasteiger partial charge on any atom is 0.191 e. The highest BCUT2D eigenvalue weighted by molar-refractivity contribution is 5.79. The third-order valence-electron chi connectivity index (χ3n) is 3.73. The van der Waals surface area contributed by atoms with Crippen LogP contribution < -0.4 is 10.6 Å². The molecule has 2 aromatic rings. The largest absolute Gasteiger partial charge is 0.356 e. The molecule has 124 valence electrons. The summed E-state index contributed by atoms with van der Waals surface area (Å²) in [5, 5.41) is 11.2. The molecule has 0 fully saturated rings. The zero-order chi connectivity index (χ0) is 16.7. The molecule has 0 aliphatic carbocycles. The van der Waals surface area contributed by atoms with Crippen molar-refractivity contribution in [2.24, 2.45) is 10.9 Å². The molecule has 5 heteroatoms. The van der Waals surface area contributed by atoms with E-state index in [-0.39, 0.29) is 0 Å². The monoisotopic (exact) mass is 313 g/mol. The normalized spacial score (nSPS) is 13.0. The molecular weight excluding hydrogens is 286 g/mol. The van der Waals surface area contributed by atoms with Crippen molar-refractivity contribution >= 4 is 5.96 Å². The third-order valence-corrected chi connectivity index (χ3v) is 3.73. The lowest BCUT2D eigenvalue weighted by Crippen LogP contribution is -2.39. The molecule has 2 N–H and O–H groups in total. The van der Waals surface area contributed by atoms with Crippen molar-refractivity contribution in [2.75, 3.05) is 13.6 Å². The fraction of sp³-hybridized carbons (Fsp3) is 0.444. The lowest BCUT2D eigenvalue weighted by atomic mass is 10.2. The van der Waals surface area contributed by atoms with Crippen LogP contribution in [0.25, 0.3) is 0 Å². The minimum absolute atomic E-state index is 0.461. The van der Waals surface area contributed by atoms with Crippen molar-refractivity contribution in [2.45, 2.75) is 33.9 Å². The Hall–Kier alpha value is -2.30. The first-order valence-electron chi connectivity index (χ1n) is 8.08. The van der Waals surface area contributed by atoms with Gasteiger partial charge in [-0.2, -0.15) is 5.10 Å². The molecule has 0 saturated heterocycles. The number of guanidine groups is 1. The fourth-order valence-electron chi connectivity index (χ4n) is 2.49. The SMILES string of the molecule is CN=C(NCc1ccccc1)NCC(C)Cn1nc(C)cc1C. The van der Waals surface area contributed by atoms with Crippen LogP contribution in [0.4, 0.5) is 0 Å².